The Morgan fingerprint density at radius 2 is 1.53 bits per heavy atom. The third-order valence-electron chi connectivity index (χ3n) is 12.0. The highest BCUT2D eigenvalue weighted by molar-refractivity contribution is 5.82. The Balaban J connectivity index is 1.29. The van der Waals surface area contributed by atoms with Crippen LogP contribution in [-0.2, 0) is 33.3 Å². The zero-order valence-electron chi connectivity index (χ0n) is 34.5. The summed E-state index contributed by atoms with van der Waals surface area (Å²) < 4.78 is 31.5. The summed E-state index contributed by atoms with van der Waals surface area (Å²) in [5.74, 6) is -1.09. The number of fused-ring (bicyclic) bond motifs is 13. The Bertz CT molecular complexity index is 1570. The van der Waals surface area contributed by atoms with Crippen molar-refractivity contribution >= 4 is 11.9 Å². The largest absolute Gasteiger partial charge is 0.481 e. The van der Waals surface area contributed by atoms with E-state index < -0.39 is 48.6 Å². The highest BCUT2D eigenvalue weighted by Gasteiger charge is 2.45. The number of carboxylic acids is 1. The van der Waals surface area contributed by atoms with Crippen LogP contribution in [0.5, 0.6) is 0 Å². The molecule has 0 aliphatic carbocycles. The Kier molecular flexibility index (Phi) is 18.0. The number of hydrogen-bond acceptors (Lipinski definition) is 10. The van der Waals surface area contributed by atoms with Gasteiger partial charge in [-0.05, 0) is 63.0 Å². The summed E-state index contributed by atoms with van der Waals surface area (Å²) in [6.07, 6.45) is 28.3. The lowest BCUT2D eigenvalue weighted by Crippen LogP contribution is -2.50. The molecule has 0 aromatic heterocycles. The minimum atomic E-state index is -1.18. The number of ether oxygens (including phenoxy) is 5. The number of esters is 1. The molecule has 3 saturated heterocycles. The molecule has 0 unspecified atom stereocenters. The van der Waals surface area contributed by atoms with Gasteiger partial charge in [-0.2, -0.15) is 0 Å². The smallest absolute Gasteiger partial charge is 0.331 e. The number of rotatable bonds is 7. The first-order chi connectivity index (χ1) is 27.9. The van der Waals surface area contributed by atoms with Gasteiger partial charge in [0.25, 0.3) is 0 Å². The Morgan fingerprint density at radius 1 is 0.759 bits per heavy atom. The molecule has 6 aliphatic rings. The van der Waals surface area contributed by atoms with Gasteiger partial charge < -0.3 is 44.1 Å². The lowest BCUT2D eigenvalue weighted by molar-refractivity contribution is -0.175. The second-order valence-corrected chi connectivity index (χ2v) is 16.6. The van der Waals surface area contributed by atoms with E-state index in [4.69, 9.17) is 28.8 Å². The van der Waals surface area contributed by atoms with E-state index in [1.807, 2.05) is 62.5 Å². The van der Waals surface area contributed by atoms with Crippen molar-refractivity contribution in [3.8, 4) is 0 Å². The van der Waals surface area contributed by atoms with Crippen LogP contribution in [0.3, 0.4) is 0 Å². The van der Waals surface area contributed by atoms with Crippen molar-refractivity contribution in [2.75, 3.05) is 0 Å². The first-order valence-electron chi connectivity index (χ1n) is 21.3. The number of carbonyl (C=O) groups is 2. The van der Waals surface area contributed by atoms with Crippen molar-refractivity contribution in [2.24, 2.45) is 17.8 Å². The van der Waals surface area contributed by atoms with Crippen LogP contribution in [0, 0.1) is 17.8 Å². The summed E-state index contributed by atoms with van der Waals surface area (Å²) >= 11 is 0. The van der Waals surface area contributed by atoms with Crippen molar-refractivity contribution in [1.82, 2.24) is 0 Å². The molecule has 0 spiro atoms. The van der Waals surface area contributed by atoms with E-state index >= 15 is 0 Å². The summed E-state index contributed by atoms with van der Waals surface area (Å²) in [4.78, 5) is 23.9. The molecular formula is C47H66O11. The number of carboxylic acid groups (broad SMARTS) is 1. The van der Waals surface area contributed by atoms with E-state index in [1.165, 1.54) is 6.08 Å². The molecule has 0 aromatic rings. The zero-order valence-corrected chi connectivity index (χ0v) is 34.5. The van der Waals surface area contributed by atoms with Crippen LogP contribution in [0.1, 0.15) is 91.9 Å². The van der Waals surface area contributed by atoms with E-state index in [-0.39, 0.29) is 67.2 Å². The van der Waals surface area contributed by atoms with Gasteiger partial charge >= 0.3 is 11.9 Å². The number of unbranched alkanes of at least 4 members (excludes halogenated alkanes) is 1. The van der Waals surface area contributed by atoms with Gasteiger partial charge in [-0.3, -0.25) is 4.79 Å². The molecule has 0 aromatic carbocycles. The van der Waals surface area contributed by atoms with Crippen molar-refractivity contribution in [3.05, 3.63) is 96.7 Å². The van der Waals surface area contributed by atoms with Gasteiger partial charge in [-0.15, -0.1) is 0 Å². The van der Waals surface area contributed by atoms with Crippen molar-refractivity contribution < 1.29 is 53.7 Å². The van der Waals surface area contributed by atoms with Gasteiger partial charge in [0.1, 0.15) is 24.4 Å². The first-order valence-corrected chi connectivity index (χ1v) is 21.3. The molecule has 11 heteroatoms. The third-order valence-corrected chi connectivity index (χ3v) is 12.0. The third kappa shape index (κ3) is 13.6. The molecule has 11 nitrogen and oxygen atoms in total. The maximum absolute atomic E-state index is 13.0. The van der Waals surface area contributed by atoms with Crippen LogP contribution in [0.2, 0.25) is 0 Å². The summed E-state index contributed by atoms with van der Waals surface area (Å²) in [5.41, 5.74) is 0.945. The Morgan fingerprint density at radius 3 is 2.34 bits per heavy atom. The van der Waals surface area contributed by atoms with Gasteiger partial charge in [-0.1, -0.05) is 106 Å². The summed E-state index contributed by atoms with van der Waals surface area (Å²) in [7, 11) is 0. The van der Waals surface area contributed by atoms with Gasteiger partial charge in [0.05, 0.1) is 42.7 Å². The SMILES string of the molecule is C/C(=C\[C@@H](C)CCCCC(=O)O)[C@H]1O[C@@H]2C=C[C@@H]1OC(=O)/C=C\C=CC=C[C@H]1O[C@@H]3C[C@H]1O[C@@H](/C=C/C[C@@H]1O[C@H](C[C@H](O)[C@H]1C)[C@H](O)[C@@H](O)/C=C/CC/C=C/C2)[C@H]3C. The zero-order chi connectivity index (χ0) is 41.6. The predicted octanol–water partition coefficient (Wildman–Crippen LogP) is 6.80. The van der Waals surface area contributed by atoms with Gasteiger partial charge in [-0.25, -0.2) is 4.79 Å². The van der Waals surface area contributed by atoms with Crippen LogP contribution >= 0.6 is 0 Å². The molecule has 320 valence electrons. The van der Waals surface area contributed by atoms with Crippen molar-refractivity contribution in [2.45, 2.75) is 165 Å². The van der Waals surface area contributed by atoms with Gasteiger partial charge in [0, 0.05) is 37.2 Å². The van der Waals surface area contributed by atoms with Crippen molar-refractivity contribution in [1.29, 1.82) is 0 Å². The van der Waals surface area contributed by atoms with E-state index in [9.17, 15) is 24.9 Å². The molecule has 6 heterocycles. The van der Waals surface area contributed by atoms with Crippen LogP contribution in [-0.4, -0.2) is 106 Å². The van der Waals surface area contributed by atoms with Crippen LogP contribution in [0.4, 0.5) is 0 Å². The maximum Gasteiger partial charge on any atom is 0.331 e. The fourth-order valence-corrected chi connectivity index (χ4v) is 8.38. The normalized spacial score (nSPS) is 40.6. The van der Waals surface area contributed by atoms with Crippen LogP contribution in [0.15, 0.2) is 96.7 Å². The van der Waals surface area contributed by atoms with Crippen molar-refractivity contribution in [3.63, 3.8) is 0 Å². The molecule has 15 atom stereocenters. The quantitative estimate of drug-likeness (QED) is 0.122. The molecule has 6 rings (SSSR count). The number of aliphatic hydroxyl groups is 3. The van der Waals surface area contributed by atoms with Gasteiger partial charge in [0.2, 0.25) is 0 Å². The van der Waals surface area contributed by atoms with E-state index in [0.29, 0.717) is 25.7 Å². The van der Waals surface area contributed by atoms with E-state index in [1.54, 1.807) is 18.2 Å². The van der Waals surface area contributed by atoms with Crippen LogP contribution < -0.4 is 0 Å². The topological polar surface area (TPSA) is 161 Å². The summed E-state index contributed by atoms with van der Waals surface area (Å²) in [5, 5.41) is 41.7. The lowest BCUT2D eigenvalue weighted by atomic mass is 9.85. The minimum Gasteiger partial charge on any atom is -0.481 e. The lowest BCUT2D eigenvalue weighted by Gasteiger charge is -2.40. The fraction of sp³-hybridized carbons (Fsp3) is 0.617. The molecule has 0 saturated carbocycles. The summed E-state index contributed by atoms with van der Waals surface area (Å²) in [6, 6.07) is 0. The minimum absolute atomic E-state index is 0.0508. The first kappa shape index (κ1) is 45.7. The Labute approximate surface area is 344 Å². The number of carbonyl (C=O) groups excluding carboxylic acids is 1. The molecule has 0 amide bonds. The number of aliphatic hydroxyl groups excluding tert-OH is 3. The van der Waals surface area contributed by atoms with Gasteiger partial charge in [0.15, 0.2) is 6.10 Å². The second kappa shape index (κ2) is 22.8. The highest BCUT2D eigenvalue weighted by atomic mass is 16.6. The number of aliphatic carboxylic acids is 1. The predicted molar refractivity (Wildman–Crippen MR) is 222 cm³/mol. The molecular weight excluding hydrogens is 741 g/mol. The molecule has 6 aliphatic heterocycles. The molecule has 0 radical (unpaired) electrons. The number of allylic oxidation sites excluding steroid dienone is 7. The van der Waals surface area contributed by atoms with Crippen LogP contribution in [0.25, 0.3) is 0 Å². The molecule has 3 fully saturated rings. The highest BCUT2D eigenvalue weighted by Crippen LogP contribution is 2.38. The maximum atomic E-state index is 13.0. The van der Waals surface area contributed by atoms with E-state index in [2.05, 4.69) is 32.1 Å². The second-order valence-electron chi connectivity index (χ2n) is 16.6. The Hall–Kier alpha value is -3.42. The average molecular weight is 807 g/mol. The van der Waals surface area contributed by atoms with E-state index in [0.717, 1.165) is 31.3 Å². The standard InChI is InChI=1S/C47H66O11/c1-30(17-14-15-23-44(50)51)27-31(2)47-40-26-25-34(54-47)18-10-6-5-7-11-19-35(48)46(53)43-28-36(49)32(3)37(56-43)21-16-22-38-33(4)41-29-42(55-38)39(57-41)20-12-8-9-13-24-45(52)58-40/h6,8-13,16,19-20,22,24-27,30,32-43,46-49,53H,5,7,14-15,17-18,21,23,28-29H2,1-4H3,(H,50,51)/b9-8?,10-6+,19-11+,20-12?,22-16+,24-13-,31-27+/t30-,32+,33+,34-,35-,36-,37-,38-,39+,40-,41+,42+,43+,46+,47+/m0/s1. The summed E-state index contributed by atoms with van der Waals surface area (Å²) in [6.45, 7) is 8.15. The molecule has 58 heavy (non-hydrogen) atoms. The monoisotopic (exact) mass is 806 g/mol. The average Bonchev–Trinajstić information content (AvgIpc) is 3.54. The number of hydrogen-bond donors (Lipinski definition) is 4. The fourth-order valence-electron chi connectivity index (χ4n) is 8.38. The molecule has 7 bridgehead atoms. The molecule has 4 N–H and O–H groups in total.